The minimum Gasteiger partial charge on any atom is -0.394 e. The smallest absolute Gasteiger partial charge is 0.0612 e. The van der Waals surface area contributed by atoms with Crippen LogP contribution in [0, 0.1) is 0 Å². The summed E-state index contributed by atoms with van der Waals surface area (Å²) in [4.78, 5) is 2.24. The Hall–Kier alpha value is -0.120. The normalized spacial score (nSPS) is 19.9. The molecule has 0 atom stereocenters. The van der Waals surface area contributed by atoms with Gasteiger partial charge in [0.05, 0.1) is 6.61 Å². The van der Waals surface area contributed by atoms with Crippen LogP contribution in [0.2, 0.25) is 0 Å². The molecule has 0 unspecified atom stereocenters. The summed E-state index contributed by atoms with van der Waals surface area (Å²) in [7, 11) is 2.08. The first-order valence-corrected chi connectivity index (χ1v) is 5.75. The summed E-state index contributed by atoms with van der Waals surface area (Å²) in [6.45, 7) is 10.1. The summed E-state index contributed by atoms with van der Waals surface area (Å²) in [5.41, 5.74) is 5.56. The van der Waals surface area contributed by atoms with Gasteiger partial charge in [0.2, 0.25) is 0 Å². The SMILES string of the molecule is CC.CC.CN1CCC(N)(CO)CC1. The van der Waals surface area contributed by atoms with Gasteiger partial charge in [-0.05, 0) is 33.0 Å². The van der Waals surface area contributed by atoms with Crippen molar-refractivity contribution >= 4 is 0 Å². The zero-order valence-corrected chi connectivity index (χ0v) is 10.5. The third-order valence-electron chi connectivity index (χ3n) is 2.30. The van der Waals surface area contributed by atoms with Crippen LogP contribution < -0.4 is 5.73 Å². The number of likely N-dealkylation sites (tertiary alicyclic amines) is 1. The van der Waals surface area contributed by atoms with E-state index in [1.54, 1.807) is 0 Å². The lowest BCUT2D eigenvalue weighted by atomic mass is 9.90. The van der Waals surface area contributed by atoms with Gasteiger partial charge in [-0.25, -0.2) is 0 Å². The van der Waals surface area contributed by atoms with Gasteiger partial charge in [0.25, 0.3) is 0 Å². The van der Waals surface area contributed by atoms with Gasteiger partial charge in [0, 0.05) is 5.54 Å². The number of hydrogen-bond acceptors (Lipinski definition) is 3. The number of aliphatic hydroxyl groups excluding tert-OH is 1. The Morgan fingerprint density at radius 1 is 1.14 bits per heavy atom. The van der Waals surface area contributed by atoms with E-state index in [1.807, 2.05) is 27.7 Å². The van der Waals surface area contributed by atoms with Gasteiger partial charge in [0.1, 0.15) is 0 Å². The van der Waals surface area contributed by atoms with Crippen LogP contribution in [0.3, 0.4) is 0 Å². The lowest BCUT2D eigenvalue weighted by Gasteiger charge is -2.36. The van der Waals surface area contributed by atoms with E-state index in [0.29, 0.717) is 0 Å². The Kier molecular flexibility index (Phi) is 11.0. The molecule has 1 fully saturated rings. The molecule has 0 aliphatic carbocycles. The van der Waals surface area contributed by atoms with Crippen molar-refractivity contribution in [3.8, 4) is 0 Å². The monoisotopic (exact) mass is 204 g/mol. The predicted octanol–water partition coefficient (Wildman–Crippen LogP) is 1.45. The first-order valence-electron chi connectivity index (χ1n) is 5.75. The topological polar surface area (TPSA) is 49.5 Å². The highest BCUT2D eigenvalue weighted by Gasteiger charge is 2.28. The Labute approximate surface area is 89.3 Å². The third kappa shape index (κ3) is 6.35. The van der Waals surface area contributed by atoms with E-state index in [4.69, 9.17) is 10.8 Å². The highest BCUT2D eigenvalue weighted by Crippen LogP contribution is 2.17. The Bertz CT molecular complexity index is 110. The highest BCUT2D eigenvalue weighted by molar-refractivity contribution is 4.88. The van der Waals surface area contributed by atoms with Gasteiger partial charge in [-0.3, -0.25) is 0 Å². The highest BCUT2D eigenvalue weighted by atomic mass is 16.3. The van der Waals surface area contributed by atoms with E-state index in [2.05, 4.69) is 11.9 Å². The number of piperidine rings is 1. The average molecular weight is 204 g/mol. The molecule has 0 aromatic carbocycles. The Morgan fingerprint density at radius 3 is 1.79 bits per heavy atom. The Morgan fingerprint density at radius 2 is 1.50 bits per heavy atom. The maximum atomic E-state index is 8.89. The standard InChI is InChI=1S/C7H16N2O.2C2H6/c1-9-4-2-7(8,6-10)3-5-9;2*1-2/h10H,2-6,8H2,1H3;2*1-2H3. The fourth-order valence-corrected chi connectivity index (χ4v) is 1.22. The molecule has 0 aromatic rings. The number of hydrogen-bond donors (Lipinski definition) is 2. The van der Waals surface area contributed by atoms with E-state index >= 15 is 0 Å². The number of aliphatic hydroxyl groups is 1. The molecule has 3 heteroatoms. The van der Waals surface area contributed by atoms with Crippen LogP contribution in [0.5, 0.6) is 0 Å². The summed E-state index contributed by atoms with van der Waals surface area (Å²) in [5, 5.41) is 8.89. The van der Waals surface area contributed by atoms with Gasteiger partial charge in [-0.15, -0.1) is 0 Å². The molecule has 1 aliphatic rings. The van der Waals surface area contributed by atoms with Crippen molar-refractivity contribution in [1.29, 1.82) is 0 Å². The van der Waals surface area contributed by atoms with Crippen LogP contribution in [-0.4, -0.2) is 42.3 Å². The van der Waals surface area contributed by atoms with Crippen molar-refractivity contribution in [2.24, 2.45) is 5.73 Å². The lowest BCUT2D eigenvalue weighted by molar-refractivity contribution is 0.119. The third-order valence-corrected chi connectivity index (χ3v) is 2.30. The van der Waals surface area contributed by atoms with Crippen LogP contribution in [0.4, 0.5) is 0 Å². The lowest BCUT2D eigenvalue weighted by Crippen LogP contribution is -2.51. The molecule has 1 saturated heterocycles. The predicted molar refractivity (Wildman–Crippen MR) is 63.4 cm³/mol. The van der Waals surface area contributed by atoms with E-state index in [9.17, 15) is 0 Å². The van der Waals surface area contributed by atoms with Crippen molar-refractivity contribution in [3.05, 3.63) is 0 Å². The quantitative estimate of drug-likeness (QED) is 0.680. The maximum Gasteiger partial charge on any atom is 0.0612 e. The average Bonchev–Trinajstić information content (AvgIpc) is 2.28. The molecule has 14 heavy (non-hydrogen) atoms. The molecular formula is C11H28N2O. The molecule has 0 aromatic heterocycles. The summed E-state index contributed by atoms with van der Waals surface area (Å²) < 4.78 is 0. The number of rotatable bonds is 1. The van der Waals surface area contributed by atoms with E-state index in [1.165, 1.54) is 0 Å². The van der Waals surface area contributed by atoms with Crippen molar-refractivity contribution in [2.45, 2.75) is 46.1 Å². The molecule has 0 bridgehead atoms. The first kappa shape index (κ1) is 16.3. The summed E-state index contributed by atoms with van der Waals surface area (Å²) >= 11 is 0. The summed E-state index contributed by atoms with van der Waals surface area (Å²) in [6.07, 6.45) is 1.83. The fourth-order valence-electron chi connectivity index (χ4n) is 1.22. The zero-order valence-electron chi connectivity index (χ0n) is 10.5. The van der Waals surface area contributed by atoms with E-state index in [-0.39, 0.29) is 12.1 Å². The van der Waals surface area contributed by atoms with Gasteiger partial charge in [0.15, 0.2) is 0 Å². The molecule has 0 amide bonds. The molecule has 1 rings (SSSR count). The van der Waals surface area contributed by atoms with Crippen molar-refractivity contribution in [1.82, 2.24) is 4.90 Å². The summed E-state index contributed by atoms with van der Waals surface area (Å²) in [6, 6.07) is 0. The van der Waals surface area contributed by atoms with Crippen LogP contribution in [0.25, 0.3) is 0 Å². The fraction of sp³-hybridized carbons (Fsp3) is 1.00. The van der Waals surface area contributed by atoms with Crippen molar-refractivity contribution in [3.63, 3.8) is 0 Å². The van der Waals surface area contributed by atoms with Crippen LogP contribution >= 0.6 is 0 Å². The van der Waals surface area contributed by atoms with Gasteiger partial charge in [-0.2, -0.15) is 0 Å². The molecule has 88 valence electrons. The molecule has 1 aliphatic heterocycles. The van der Waals surface area contributed by atoms with Crippen LogP contribution in [0.1, 0.15) is 40.5 Å². The zero-order chi connectivity index (χ0) is 11.6. The second-order valence-corrected chi connectivity index (χ2v) is 3.32. The number of nitrogens with zero attached hydrogens (tertiary/aromatic N) is 1. The molecule has 1 heterocycles. The van der Waals surface area contributed by atoms with Gasteiger partial charge < -0.3 is 15.7 Å². The molecular weight excluding hydrogens is 176 g/mol. The molecule has 0 spiro atoms. The first-order chi connectivity index (χ1) is 6.66. The minimum absolute atomic E-state index is 0.126. The second-order valence-electron chi connectivity index (χ2n) is 3.32. The van der Waals surface area contributed by atoms with Crippen molar-refractivity contribution in [2.75, 3.05) is 26.7 Å². The summed E-state index contributed by atoms with van der Waals surface area (Å²) in [5.74, 6) is 0. The number of nitrogens with two attached hydrogens (primary N) is 1. The Balaban J connectivity index is 0. The van der Waals surface area contributed by atoms with Gasteiger partial charge >= 0.3 is 0 Å². The minimum atomic E-state index is -0.285. The second kappa shape index (κ2) is 9.44. The van der Waals surface area contributed by atoms with E-state index < -0.39 is 0 Å². The van der Waals surface area contributed by atoms with Crippen LogP contribution in [0.15, 0.2) is 0 Å². The molecule has 0 radical (unpaired) electrons. The van der Waals surface area contributed by atoms with E-state index in [0.717, 1.165) is 25.9 Å². The maximum absolute atomic E-state index is 8.89. The van der Waals surface area contributed by atoms with Crippen LogP contribution in [-0.2, 0) is 0 Å². The van der Waals surface area contributed by atoms with Gasteiger partial charge in [-0.1, -0.05) is 27.7 Å². The van der Waals surface area contributed by atoms with Crippen molar-refractivity contribution < 1.29 is 5.11 Å². The molecule has 0 saturated carbocycles. The molecule has 3 nitrogen and oxygen atoms in total. The largest absolute Gasteiger partial charge is 0.394 e. The molecule has 3 N–H and O–H groups in total.